The van der Waals surface area contributed by atoms with E-state index in [-0.39, 0.29) is 5.56 Å². The molecule has 3 rings (SSSR count). The van der Waals surface area contributed by atoms with Crippen LogP contribution in [0.1, 0.15) is 23.7 Å². The van der Waals surface area contributed by atoms with Crippen LogP contribution in [0.15, 0.2) is 34.2 Å². The number of ether oxygens (including phenoxy) is 1. The lowest BCUT2D eigenvalue weighted by Crippen LogP contribution is -2.15. The molecule has 22 heavy (non-hydrogen) atoms. The van der Waals surface area contributed by atoms with Crippen molar-refractivity contribution in [2.24, 2.45) is 0 Å². The SMILES string of the molecule is CCc1ccc(OCCSc2nc3c(c(=O)[nH]2)CSC3)cc1. The maximum Gasteiger partial charge on any atom is 0.255 e. The molecule has 2 heterocycles. The van der Waals surface area contributed by atoms with Gasteiger partial charge < -0.3 is 9.72 Å². The molecule has 1 aliphatic heterocycles. The van der Waals surface area contributed by atoms with Crippen LogP contribution < -0.4 is 10.3 Å². The van der Waals surface area contributed by atoms with E-state index < -0.39 is 0 Å². The lowest BCUT2D eigenvalue weighted by molar-refractivity contribution is 0.344. The topological polar surface area (TPSA) is 55.0 Å². The molecule has 0 saturated carbocycles. The van der Waals surface area contributed by atoms with Crippen molar-refractivity contribution in [1.29, 1.82) is 0 Å². The summed E-state index contributed by atoms with van der Waals surface area (Å²) in [6.07, 6.45) is 1.03. The van der Waals surface area contributed by atoms with Crippen molar-refractivity contribution in [3.8, 4) is 5.75 Å². The van der Waals surface area contributed by atoms with Gasteiger partial charge in [0.25, 0.3) is 5.56 Å². The van der Waals surface area contributed by atoms with Crippen LogP contribution in [0, 0.1) is 0 Å². The zero-order valence-electron chi connectivity index (χ0n) is 12.4. The number of hydrogen-bond donors (Lipinski definition) is 1. The van der Waals surface area contributed by atoms with Crippen LogP contribution in [0.25, 0.3) is 0 Å². The van der Waals surface area contributed by atoms with Crippen molar-refractivity contribution in [3.63, 3.8) is 0 Å². The Morgan fingerprint density at radius 3 is 2.91 bits per heavy atom. The van der Waals surface area contributed by atoms with E-state index >= 15 is 0 Å². The van der Waals surface area contributed by atoms with Crippen molar-refractivity contribution >= 4 is 23.5 Å². The number of thioether (sulfide) groups is 2. The Morgan fingerprint density at radius 2 is 2.14 bits per heavy atom. The Hall–Kier alpha value is -1.40. The molecule has 0 amide bonds. The number of hydrogen-bond acceptors (Lipinski definition) is 5. The van der Waals surface area contributed by atoms with Gasteiger partial charge in [0.1, 0.15) is 5.75 Å². The summed E-state index contributed by atoms with van der Waals surface area (Å²) in [6.45, 7) is 2.72. The minimum absolute atomic E-state index is 0.00794. The third kappa shape index (κ3) is 3.67. The van der Waals surface area contributed by atoms with Crippen molar-refractivity contribution in [3.05, 3.63) is 51.4 Å². The van der Waals surface area contributed by atoms with Crippen molar-refractivity contribution < 1.29 is 4.74 Å². The highest BCUT2D eigenvalue weighted by atomic mass is 32.2. The normalized spacial score (nSPS) is 13.1. The second-order valence-electron chi connectivity index (χ2n) is 4.98. The van der Waals surface area contributed by atoms with Gasteiger partial charge in [-0.2, -0.15) is 11.8 Å². The number of nitrogens with zero attached hydrogens (tertiary/aromatic N) is 1. The number of H-pyrrole nitrogens is 1. The van der Waals surface area contributed by atoms with Crippen LogP contribution in [0.2, 0.25) is 0 Å². The van der Waals surface area contributed by atoms with Crippen LogP contribution in [0.4, 0.5) is 0 Å². The summed E-state index contributed by atoms with van der Waals surface area (Å²) in [5.74, 6) is 3.25. The first kappa shape index (κ1) is 15.5. The molecule has 0 aliphatic carbocycles. The summed E-state index contributed by atoms with van der Waals surface area (Å²) in [4.78, 5) is 19.3. The fourth-order valence-electron chi connectivity index (χ4n) is 2.23. The number of fused-ring (bicyclic) bond motifs is 1. The molecule has 0 fully saturated rings. The van der Waals surface area contributed by atoms with Crippen LogP contribution in [0.3, 0.4) is 0 Å². The Morgan fingerprint density at radius 1 is 1.32 bits per heavy atom. The Balaban J connectivity index is 1.51. The van der Waals surface area contributed by atoms with E-state index in [1.54, 1.807) is 11.8 Å². The molecule has 0 spiro atoms. The van der Waals surface area contributed by atoms with E-state index in [0.29, 0.717) is 11.8 Å². The number of nitrogens with one attached hydrogen (secondary N) is 1. The highest BCUT2D eigenvalue weighted by molar-refractivity contribution is 7.99. The van der Waals surface area contributed by atoms with Crippen molar-refractivity contribution in [2.45, 2.75) is 30.0 Å². The molecule has 0 atom stereocenters. The van der Waals surface area contributed by atoms with Gasteiger partial charge in [-0.3, -0.25) is 4.79 Å². The molecule has 116 valence electrons. The number of rotatable bonds is 6. The zero-order valence-corrected chi connectivity index (χ0v) is 14.1. The first-order valence-corrected chi connectivity index (χ1v) is 9.44. The molecular weight excluding hydrogens is 316 g/mol. The zero-order chi connectivity index (χ0) is 15.4. The number of aryl methyl sites for hydroxylation is 1. The summed E-state index contributed by atoms with van der Waals surface area (Å²) in [6, 6.07) is 8.16. The highest BCUT2D eigenvalue weighted by Gasteiger charge is 2.17. The molecule has 1 aromatic carbocycles. The predicted molar refractivity (Wildman–Crippen MR) is 91.9 cm³/mol. The minimum atomic E-state index is 0.00794. The van der Waals surface area contributed by atoms with Crippen molar-refractivity contribution in [2.75, 3.05) is 12.4 Å². The van der Waals surface area contributed by atoms with Gasteiger partial charge in [-0.1, -0.05) is 30.8 Å². The molecule has 1 aliphatic rings. The molecule has 1 aromatic heterocycles. The molecule has 0 bridgehead atoms. The number of aromatic amines is 1. The molecule has 0 unspecified atom stereocenters. The van der Waals surface area contributed by atoms with E-state index in [0.717, 1.165) is 40.7 Å². The van der Waals surface area contributed by atoms with Crippen LogP contribution >= 0.6 is 23.5 Å². The second kappa shape index (κ2) is 7.24. The predicted octanol–water partition coefficient (Wildman–Crippen LogP) is 3.25. The second-order valence-corrected chi connectivity index (χ2v) is 7.05. The van der Waals surface area contributed by atoms with Gasteiger partial charge in [-0.05, 0) is 24.1 Å². The quantitative estimate of drug-likeness (QED) is 0.499. The average Bonchev–Trinajstić information content (AvgIpc) is 3.01. The molecule has 6 heteroatoms. The maximum absolute atomic E-state index is 11.9. The van der Waals surface area contributed by atoms with E-state index in [4.69, 9.17) is 4.74 Å². The molecule has 2 aromatic rings. The van der Waals surface area contributed by atoms with Gasteiger partial charge in [0.05, 0.1) is 12.3 Å². The summed E-state index contributed by atoms with van der Waals surface area (Å²) in [5, 5.41) is 0.691. The monoisotopic (exact) mass is 334 g/mol. The maximum atomic E-state index is 11.9. The first-order chi connectivity index (χ1) is 10.8. The molecule has 0 radical (unpaired) electrons. The van der Waals surface area contributed by atoms with Gasteiger partial charge >= 0.3 is 0 Å². The largest absolute Gasteiger partial charge is 0.493 e. The molecule has 1 N–H and O–H groups in total. The molecule has 0 saturated heterocycles. The van der Waals surface area contributed by atoms with Gasteiger partial charge in [0.2, 0.25) is 0 Å². The Labute approximate surface area is 138 Å². The fraction of sp³-hybridized carbons (Fsp3) is 0.375. The number of aromatic nitrogens is 2. The summed E-state index contributed by atoms with van der Waals surface area (Å²) < 4.78 is 5.71. The third-order valence-corrected chi connectivity index (χ3v) is 5.29. The van der Waals surface area contributed by atoms with Gasteiger partial charge in [0, 0.05) is 22.8 Å². The standard InChI is InChI=1S/C16H18N2O2S2/c1-2-11-3-5-12(6-4-11)20-7-8-22-16-17-14-10-21-9-13(14)15(19)18-16/h3-6H,2,7-10H2,1H3,(H,17,18,19). The molecular formula is C16H18N2O2S2. The smallest absolute Gasteiger partial charge is 0.255 e. The first-order valence-electron chi connectivity index (χ1n) is 7.30. The Kier molecular flexibility index (Phi) is 5.10. The lowest BCUT2D eigenvalue weighted by atomic mass is 10.2. The van der Waals surface area contributed by atoms with Crippen LogP contribution in [-0.4, -0.2) is 22.3 Å². The van der Waals surface area contributed by atoms with E-state index in [1.165, 1.54) is 17.3 Å². The van der Waals surface area contributed by atoms with Crippen molar-refractivity contribution in [1.82, 2.24) is 9.97 Å². The highest BCUT2D eigenvalue weighted by Crippen LogP contribution is 2.26. The van der Waals surface area contributed by atoms with Gasteiger partial charge in [-0.25, -0.2) is 4.98 Å². The van der Waals surface area contributed by atoms with E-state index in [1.807, 2.05) is 12.1 Å². The summed E-state index contributed by atoms with van der Waals surface area (Å²) in [7, 11) is 0. The number of benzene rings is 1. The summed E-state index contributed by atoms with van der Waals surface area (Å²) in [5.41, 5.74) is 3.09. The average molecular weight is 334 g/mol. The van der Waals surface area contributed by atoms with E-state index in [2.05, 4.69) is 29.0 Å². The molecule has 4 nitrogen and oxygen atoms in total. The minimum Gasteiger partial charge on any atom is -0.493 e. The summed E-state index contributed by atoms with van der Waals surface area (Å²) >= 11 is 3.26. The lowest BCUT2D eigenvalue weighted by Gasteiger charge is -2.07. The Bertz CT molecular complexity index is 698. The van der Waals surface area contributed by atoms with E-state index in [9.17, 15) is 4.79 Å². The van der Waals surface area contributed by atoms with Gasteiger partial charge in [-0.15, -0.1) is 0 Å². The van der Waals surface area contributed by atoms with Gasteiger partial charge in [0.15, 0.2) is 5.16 Å². The van der Waals surface area contributed by atoms with Crippen LogP contribution in [-0.2, 0) is 17.9 Å². The third-order valence-electron chi connectivity index (χ3n) is 3.49. The fourth-order valence-corrected chi connectivity index (χ4v) is 3.96. The van der Waals surface area contributed by atoms with Crippen LogP contribution in [0.5, 0.6) is 5.75 Å².